The largest absolute Gasteiger partial charge is 0.383 e. The van der Waals surface area contributed by atoms with Crippen LogP contribution in [-0.4, -0.2) is 49.1 Å². The summed E-state index contributed by atoms with van der Waals surface area (Å²) in [4.78, 5) is 18.9. The molecule has 1 atom stereocenters. The predicted octanol–water partition coefficient (Wildman–Crippen LogP) is 2.20. The Labute approximate surface area is 127 Å². The van der Waals surface area contributed by atoms with Crippen LogP contribution in [0.15, 0.2) is 23.7 Å². The number of anilines is 1. The van der Waals surface area contributed by atoms with Gasteiger partial charge >= 0.3 is 0 Å². The van der Waals surface area contributed by atoms with Gasteiger partial charge in [-0.3, -0.25) is 4.79 Å². The number of nitrogens with one attached hydrogen (secondary N) is 1. The molecule has 0 aliphatic carbocycles. The first-order chi connectivity index (χ1) is 10.3. The lowest BCUT2D eigenvalue weighted by Gasteiger charge is -2.15. The Morgan fingerprint density at radius 3 is 3.33 bits per heavy atom. The van der Waals surface area contributed by atoms with E-state index in [0.29, 0.717) is 0 Å². The molecule has 0 radical (unpaired) electrons. The fraction of sp³-hybridized carbons (Fsp3) is 0.467. The minimum atomic E-state index is 0.0630. The first-order valence-electron chi connectivity index (χ1n) is 7.11. The van der Waals surface area contributed by atoms with E-state index in [0.717, 1.165) is 48.6 Å². The van der Waals surface area contributed by atoms with Crippen molar-refractivity contribution in [1.82, 2.24) is 9.88 Å². The number of nitrogens with zero attached hydrogens (tertiary/aromatic N) is 2. The zero-order valence-corrected chi connectivity index (χ0v) is 12.9. The predicted molar refractivity (Wildman–Crippen MR) is 84.7 cm³/mol. The number of carbonyl (C=O) groups is 1. The van der Waals surface area contributed by atoms with Crippen LogP contribution in [0.25, 0.3) is 10.2 Å². The maximum Gasteiger partial charge on any atom is 0.228 e. The second-order valence-corrected chi connectivity index (χ2v) is 6.19. The van der Waals surface area contributed by atoms with Crippen LogP contribution in [0.1, 0.15) is 6.42 Å². The van der Waals surface area contributed by atoms with Gasteiger partial charge in [-0.25, -0.2) is 4.98 Å². The highest BCUT2D eigenvalue weighted by atomic mass is 32.1. The fourth-order valence-corrected chi connectivity index (χ4v) is 3.31. The van der Waals surface area contributed by atoms with E-state index < -0.39 is 0 Å². The summed E-state index contributed by atoms with van der Waals surface area (Å²) in [6.07, 6.45) is 0.911. The molecule has 112 valence electrons. The first-order valence-corrected chi connectivity index (χ1v) is 7.99. The van der Waals surface area contributed by atoms with Crippen LogP contribution in [0.5, 0.6) is 0 Å². The van der Waals surface area contributed by atoms with Crippen molar-refractivity contribution in [2.24, 2.45) is 5.92 Å². The van der Waals surface area contributed by atoms with Gasteiger partial charge in [0.05, 0.1) is 28.3 Å². The molecule has 1 aromatic carbocycles. The van der Waals surface area contributed by atoms with E-state index in [1.807, 2.05) is 23.7 Å². The van der Waals surface area contributed by atoms with Crippen molar-refractivity contribution in [3.8, 4) is 0 Å². The second kappa shape index (κ2) is 6.51. The van der Waals surface area contributed by atoms with Gasteiger partial charge in [0.2, 0.25) is 5.91 Å². The van der Waals surface area contributed by atoms with Gasteiger partial charge in [-0.1, -0.05) is 0 Å². The molecular weight excluding hydrogens is 286 g/mol. The molecule has 21 heavy (non-hydrogen) atoms. The van der Waals surface area contributed by atoms with E-state index in [1.165, 1.54) is 0 Å². The average Bonchev–Trinajstić information content (AvgIpc) is 3.13. The lowest BCUT2D eigenvalue weighted by atomic mass is 10.1. The normalized spacial score (nSPS) is 19.2. The smallest absolute Gasteiger partial charge is 0.228 e. The van der Waals surface area contributed by atoms with Crippen molar-refractivity contribution in [3.05, 3.63) is 23.7 Å². The van der Waals surface area contributed by atoms with Gasteiger partial charge in [0.25, 0.3) is 0 Å². The summed E-state index contributed by atoms with van der Waals surface area (Å²) < 4.78 is 6.22. The van der Waals surface area contributed by atoms with Crippen LogP contribution >= 0.6 is 11.3 Å². The summed E-state index contributed by atoms with van der Waals surface area (Å²) in [5.41, 5.74) is 3.58. The van der Waals surface area contributed by atoms with E-state index in [4.69, 9.17) is 4.74 Å². The summed E-state index contributed by atoms with van der Waals surface area (Å²) in [5.74, 6) is 0.164. The third kappa shape index (κ3) is 3.40. The molecular formula is C15H19N3O2S. The number of carbonyl (C=O) groups excluding carboxylic acids is 1. The molecule has 1 amide bonds. The molecule has 1 N–H and O–H groups in total. The van der Waals surface area contributed by atoms with E-state index >= 15 is 0 Å². The summed E-state index contributed by atoms with van der Waals surface area (Å²) in [7, 11) is 1.70. The third-order valence-corrected chi connectivity index (χ3v) is 4.66. The Morgan fingerprint density at radius 1 is 1.57 bits per heavy atom. The van der Waals surface area contributed by atoms with Gasteiger partial charge < -0.3 is 15.0 Å². The Kier molecular flexibility index (Phi) is 4.48. The van der Waals surface area contributed by atoms with Crippen molar-refractivity contribution >= 4 is 33.1 Å². The zero-order chi connectivity index (χ0) is 14.7. The van der Waals surface area contributed by atoms with E-state index in [-0.39, 0.29) is 11.8 Å². The lowest BCUT2D eigenvalue weighted by Crippen LogP contribution is -2.29. The maximum atomic E-state index is 12.3. The van der Waals surface area contributed by atoms with Crippen LogP contribution in [0.3, 0.4) is 0 Å². The quantitative estimate of drug-likeness (QED) is 0.920. The number of hydrogen-bond donors (Lipinski definition) is 1. The Balaban J connectivity index is 1.58. The molecule has 1 unspecified atom stereocenters. The Morgan fingerprint density at radius 2 is 2.48 bits per heavy atom. The molecule has 5 nitrogen and oxygen atoms in total. The van der Waals surface area contributed by atoms with E-state index in [1.54, 1.807) is 18.4 Å². The summed E-state index contributed by atoms with van der Waals surface area (Å²) in [6.45, 7) is 3.39. The van der Waals surface area contributed by atoms with Crippen molar-refractivity contribution in [1.29, 1.82) is 0 Å². The monoisotopic (exact) mass is 305 g/mol. The highest BCUT2D eigenvalue weighted by molar-refractivity contribution is 7.16. The molecule has 6 heteroatoms. The number of amides is 1. The number of benzene rings is 1. The minimum Gasteiger partial charge on any atom is -0.383 e. The molecule has 0 spiro atoms. The third-order valence-electron chi connectivity index (χ3n) is 3.85. The topological polar surface area (TPSA) is 54.5 Å². The van der Waals surface area contributed by atoms with Crippen molar-refractivity contribution < 1.29 is 9.53 Å². The number of thiazole rings is 1. The summed E-state index contributed by atoms with van der Waals surface area (Å²) in [5, 5.41) is 3.01. The minimum absolute atomic E-state index is 0.0630. The first kappa shape index (κ1) is 14.4. The van der Waals surface area contributed by atoms with Gasteiger partial charge in [0.1, 0.15) is 0 Å². The molecule has 1 saturated heterocycles. The van der Waals surface area contributed by atoms with Crippen LogP contribution in [0.4, 0.5) is 5.69 Å². The standard InChI is InChI=1S/C15H19N3O2S/c1-20-7-6-18-5-4-11(9-18)15(19)17-12-2-3-14-13(8-12)16-10-21-14/h2-3,8,10-11H,4-7,9H2,1H3,(H,17,19). The molecule has 3 rings (SSSR count). The number of fused-ring (bicyclic) bond motifs is 1. The summed E-state index contributed by atoms with van der Waals surface area (Å²) in [6, 6.07) is 5.87. The van der Waals surface area contributed by atoms with Crippen molar-refractivity contribution in [2.45, 2.75) is 6.42 Å². The number of likely N-dealkylation sites (tertiary alicyclic amines) is 1. The van der Waals surface area contributed by atoms with Gasteiger partial charge in [-0.05, 0) is 31.2 Å². The Hall–Kier alpha value is -1.50. The van der Waals surface area contributed by atoms with Crippen LogP contribution in [0, 0.1) is 5.92 Å². The van der Waals surface area contributed by atoms with Crippen molar-refractivity contribution in [3.63, 3.8) is 0 Å². The maximum absolute atomic E-state index is 12.3. The summed E-state index contributed by atoms with van der Waals surface area (Å²) >= 11 is 1.61. The number of methoxy groups -OCH3 is 1. The zero-order valence-electron chi connectivity index (χ0n) is 12.0. The molecule has 1 aromatic heterocycles. The van der Waals surface area contributed by atoms with Crippen LogP contribution < -0.4 is 5.32 Å². The molecule has 0 saturated carbocycles. The molecule has 0 bridgehead atoms. The van der Waals surface area contributed by atoms with E-state index in [9.17, 15) is 4.79 Å². The Bertz CT molecular complexity index is 628. The number of aromatic nitrogens is 1. The van der Waals surface area contributed by atoms with Crippen molar-refractivity contribution in [2.75, 3.05) is 38.7 Å². The average molecular weight is 305 g/mol. The van der Waals surface area contributed by atoms with Crippen LogP contribution in [0.2, 0.25) is 0 Å². The van der Waals surface area contributed by atoms with Gasteiger partial charge in [0.15, 0.2) is 0 Å². The fourth-order valence-electron chi connectivity index (χ4n) is 2.65. The molecule has 1 fully saturated rings. The van der Waals surface area contributed by atoms with Gasteiger partial charge in [-0.15, -0.1) is 11.3 Å². The van der Waals surface area contributed by atoms with E-state index in [2.05, 4.69) is 15.2 Å². The lowest BCUT2D eigenvalue weighted by molar-refractivity contribution is -0.119. The number of hydrogen-bond acceptors (Lipinski definition) is 5. The SMILES string of the molecule is COCCN1CCC(C(=O)Nc2ccc3scnc3c2)C1. The molecule has 2 heterocycles. The highest BCUT2D eigenvalue weighted by Gasteiger charge is 2.27. The van der Waals surface area contributed by atoms with Crippen LogP contribution in [-0.2, 0) is 9.53 Å². The second-order valence-electron chi connectivity index (χ2n) is 5.30. The number of ether oxygens (including phenoxy) is 1. The van der Waals surface area contributed by atoms with Gasteiger partial charge in [0, 0.05) is 25.9 Å². The molecule has 1 aliphatic rings. The molecule has 1 aliphatic heterocycles. The van der Waals surface area contributed by atoms with Gasteiger partial charge in [-0.2, -0.15) is 0 Å². The highest BCUT2D eigenvalue weighted by Crippen LogP contribution is 2.23. The molecule has 2 aromatic rings. The number of rotatable bonds is 5.